The number of nitrogens with two attached hydrogens (primary N) is 1. The van der Waals surface area contributed by atoms with Crippen molar-refractivity contribution in [2.75, 3.05) is 5.32 Å². The summed E-state index contributed by atoms with van der Waals surface area (Å²) >= 11 is 0. The van der Waals surface area contributed by atoms with E-state index in [9.17, 15) is 39.6 Å². The topological polar surface area (TPSA) is 187 Å². The van der Waals surface area contributed by atoms with Crippen LogP contribution in [0.1, 0.15) is 44.7 Å². The molecule has 3 aliphatic carbocycles. The van der Waals surface area contributed by atoms with Gasteiger partial charge < -0.3 is 31.5 Å². The van der Waals surface area contributed by atoms with Gasteiger partial charge in [0.05, 0.1) is 11.3 Å². The Labute approximate surface area is 194 Å². The van der Waals surface area contributed by atoms with Gasteiger partial charge >= 0.3 is 0 Å². The molecule has 3 aliphatic rings. The lowest BCUT2D eigenvalue weighted by Gasteiger charge is -2.46. The van der Waals surface area contributed by atoms with Gasteiger partial charge in [-0.2, -0.15) is 0 Å². The predicted molar refractivity (Wildman–Crippen MR) is 119 cm³/mol. The molecule has 0 radical (unpaired) electrons. The lowest BCUT2D eigenvalue weighted by Crippen LogP contribution is -2.58. The highest BCUT2D eigenvalue weighted by Crippen LogP contribution is 2.52. The molecule has 0 unspecified atom stereocenters. The highest BCUT2D eigenvalue weighted by atomic mass is 16.3. The Morgan fingerprint density at radius 1 is 1.12 bits per heavy atom. The summed E-state index contributed by atoms with van der Waals surface area (Å²) in [5, 5.41) is 46.3. The molecule has 0 aliphatic heterocycles. The van der Waals surface area contributed by atoms with Gasteiger partial charge in [-0.1, -0.05) is 26.8 Å². The van der Waals surface area contributed by atoms with Crippen molar-refractivity contribution in [2.45, 2.75) is 45.6 Å². The molecule has 1 aromatic carbocycles. The van der Waals surface area contributed by atoms with Crippen LogP contribution in [-0.4, -0.2) is 49.4 Å². The largest absolute Gasteiger partial charge is 0.508 e. The Morgan fingerprint density at radius 3 is 2.35 bits per heavy atom. The molecule has 0 bridgehead atoms. The Kier molecular flexibility index (Phi) is 5.13. The van der Waals surface area contributed by atoms with Crippen molar-refractivity contribution in [3.63, 3.8) is 0 Å². The second kappa shape index (κ2) is 7.42. The third kappa shape index (κ3) is 3.20. The average molecular weight is 470 g/mol. The predicted octanol–water partition coefficient (Wildman–Crippen LogP) is 1.41. The van der Waals surface area contributed by atoms with Gasteiger partial charge in [0.25, 0.3) is 5.91 Å². The first-order valence-corrected chi connectivity index (χ1v) is 10.8. The van der Waals surface area contributed by atoms with Gasteiger partial charge in [-0.15, -0.1) is 0 Å². The molecule has 1 saturated carbocycles. The van der Waals surface area contributed by atoms with Crippen LogP contribution in [0.25, 0.3) is 5.76 Å². The summed E-state index contributed by atoms with van der Waals surface area (Å²) in [4.78, 5) is 49.9. The maximum atomic E-state index is 13.4. The SMILES string of the molecule is CC(C)(C)C(=O)Nc1ccc2c(c1O)C(O)=C1C(=O)[C@]3(O)C(O)=C(C(N)=O)C(=O)C[C@@H]3C[C@@H]1C2. The van der Waals surface area contributed by atoms with Crippen LogP contribution in [0.5, 0.6) is 5.75 Å². The number of hydrogen-bond acceptors (Lipinski definition) is 8. The number of carbonyl (C=O) groups is 4. The van der Waals surface area contributed by atoms with Crippen LogP contribution in [-0.2, 0) is 25.6 Å². The molecular weight excluding hydrogens is 444 g/mol. The fourth-order valence-electron chi connectivity index (χ4n) is 5.01. The molecule has 0 aromatic heterocycles. The number of ketones is 2. The number of phenols is 1. The van der Waals surface area contributed by atoms with E-state index in [-0.39, 0.29) is 42.0 Å². The number of rotatable bonds is 2. The lowest BCUT2D eigenvalue weighted by atomic mass is 9.59. The fourth-order valence-corrected chi connectivity index (χ4v) is 5.01. The van der Waals surface area contributed by atoms with Gasteiger partial charge in [0, 0.05) is 23.3 Å². The smallest absolute Gasteiger partial charge is 0.255 e. The first-order valence-electron chi connectivity index (χ1n) is 10.8. The van der Waals surface area contributed by atoms with E-state index in [0.717, 1.165) is 0 Å². The Hall–Kier alpha value is -3.66. The number of anilines is 1. The molecule has 1 aromatic rings. The molecular formula is C24H26N2O8. The number of amides is 2. The van der Waals surface area contributed by atoms with E-state index in [1.165, 1.54) is 6.07 Å². The van der Waals surface area contributed by atoms with Crippen LogP contribution >= 0.6 is 0 Å². The van der Waals surface area contributed by atoms with Gasteiger partial charge in [-0.3, -0.25) is 19.2 Å². The zero-order valence-corrected chi connectivity index (χ0v) is 18.9. The molecule has 0 saturated heterocycles. The first kappa shape index (κ1) is 23.5. The number of Topliss-reactive ketones (excluding diaryl/α,β-unsaturated/α-hetero) is 2. The number of benzene rings is 1. The summed E-state index contributed by atoms with van der Waals surface area (Å²) in [6.45, 7) is 5.07. The number of aliphatic hydroxyl groups is 3. The Balaban J connectivity index is 1.84. The third-order valence-corrected chi connectivity index (χ3v) is 6.87. The van der Waals surface area contributed by atoms with Gasteiger partial charge in [0.1, 0.15) is 22.8 Å². The third-order valence-electron chi connectivity index (χ3n) is 6.87. The van der Waals surface area contributed by atoms with Crippen molar-refractivity contribution in [1.82, 2.24) is 0 Å². The van der Waals surface area contributed by atoms with E-state index < -0.39 is 63.2 Å². The normalized spacial score (nSPS) is 26.6. The molecule has 3 atom stereocenters. The number of carbonyl (C=O) groups excluding carboxylic acids is 4. The summed E-state index contributed by atoms with van der Waals surface area (Å²) in [6, 6.07) is 3.11. The minimum atomic E-state index is -2.61. The van der Waals surface area contributed by atoms with Crippen LogP contribution < -0.4 is 11.1 Å². The van der Waals surface area contributed by atoms with Gasteiger partial charge in [-0.25, -0.2) is 0 Å². The molecule has 0 spiro atoms. The van der Waals surface area contributed by atoms with Gasteiger partial charge in [0.15, 0.2) is 11.4 Å². The molecule has 0 heterocycles. The van der Waals surface area contributed by atoms with Crippen LogP contribution in [0.4, 0.5) is 5.69 Å². The standard InChI is InChI=1S/C24H26N2O8/c1-23(2,3)22(33)26-12-5-4-9-6-10-7-11-8-13(27)16(21(25)32)20(31)24(11,34)19(30)15(10)18(29)14(9)17(12)28/h4-5,10-11,28-29,31,34H,6-8H2,1-3H3,(H2,25,32)(H,26,33)/t10-,11-,24-/m0/s1. The molecule has 1 fully saturated rings. The zero-order chi connectivity index (χ0) is 25.3. The summed E-state index contributed by atoms with van der Waals surface area (Å²) in [7, 11) is 0. The zero-order valence-electron chi connectivity index (χ0n) is 18.9. The molecule has 10 nitrogen and oxygen atoms in total. The van der Waals surface area contributed by atoms with Crippen LogP contribution in [0.3, 0.4) is 0 Å². The minimum Gasteiger partial charge on any atom is -0.508 e. The second-order valence-corrected chi connectivity index (χ2v) is 10.1. The molecule has 34 heavy (non-hydrogen) atoms. The maximum Gasteiger partial charge on any atom is 0.255 e. The molecule has 10 heteroatoms. The molecule has 180 valence electrons. The number of aromatic hydroxyl groups is 1. The first-order chi connectivity index (χ1) is 15.7. The van der Waals surface area contributed by atoms with Crippen LogP contribution in [0.15, 0.2) is 29.0 Å². The van der Waals surface area contributed by atoms with Gasteiger partial charge in [-0.05, 0) is 30.4 Å². The number of primary amides is 1. The van der Waals surface area contributed by atoms with E-state index in [1.807, 2.05) is 0 Å². The van der Waals surface area contributed by atoms with Crippen LogP contribution in [0.2, 0.25) is 0 Å². The van der Waals surface area contributed by atoms with Crippen LogP contribution in [0, 0.1) is 17.3 Å². The quantitative estimate of drug-likeness (QED) is 0.276. The highest BCUT2D eigenvalue weighted by molar-refractivity contribution is 6.22. The minimum absolute atomic E-state index is 0.0335. The van der Waals surface area contributed by atoms with Crippen molar-refractivity contribution in [3.05, 3.63) is 40.2 Å². The monoisotopic (exact) mass is 470 g/mol. The Bertz CT molecular complexity index is 1240. The number of aliphatic hydroxyl groups excluding tert-OH is 2. The van der Waals surface area contributed by atoms with Crippen molar-refractivity contribution < 1.29 is 39.6 Å². The summed E-state index contributed by atoms with van der Waals surface area (Å²) in [5.41, 5.74) is 1.21. The maximum absolute atomic E-state index is 13.4. The molecule has 2 amide bonds. The van der Waals surface area contributed by atoms with Crippen molar-refractivity contribution >= 4 is 34.8 Å². The van der Waals surface area contributed by atoms with E-state index in [1.54, 1.807) is 26.8 Å². The van der Waals surface area contributed by atoms with Crippen molar-refractivity contribution in [3.8, 4) is 5.75 Å². The van der Waals surface area contributed by atoms with E-state index in [4.69, 9.17) is 5.73 Å². The average Bonchev–Trinajstić information content (AvgIpc) is 2.71. The molecule has 7 N–H and O–H groups in total. The van der Waals surface area contributed by atoms with Crippen molar-refractivity contribution in [2.24, 2.45) is 23.0 Å². The van der Waals surface area contributed by atoms with E-state index in [2.05, 4.69) is 5.32 Å². The van der Waals surface area contributed by atoms with E-state index in [0.29, 0.717) is 5.56 Å². The fraction of sp³-hybridized carbons (Fsp3) is 0.417. The van der Waals surface area contributed by atoms with E-state index >= 15 is 0 Å². The lowest BCUT2D eigenvalue weighted by molar-refractivity contribution is -0.147. The summed E-state index contributed by atoms with van der Waals surface area (Å²) < 4.78 is 0. The second-order valence-electron chi connectivity index (χ2n) is 10.1. The summed E-state index contributed by atoms with van der Waals surface area (Å²) in [6.07, 6.45) is -0.105. The number of nitrogens with one attached hydrogen (secondary N) is 1. The van der Waals surface area contributed by atoms with Gasteiger partial charge in [0.2, 0.25) is 11.7 Å². The Morgan fingerprint density at radius 2 is 1.76 bits per heavy atom. The number of fused-ring (bicyclic) bond motifs is 3. The summed E-state index contributed by atoms with van der Waals surface area (Å²) in [5.74, 6) is -7.26. The molecule has 4 rings (SSSR count). The number of hydrogen-bond donors (Lipinski definition) is 6. The highest BCUT2D eigenvalue weighted by Gasteiger charge is 2.60. The van der Waals surface area contributed by atoms with Crippen molar-refractivity contribution in [1.29, 1.82) is 0 Å². The number of phenolic OH excluding ortho intramolecular Hbond substituents is 1.